The second-order valence-electron chi connectivity index (χ2n) is 4.16. The molecule has 0 amide bonds. The molecule has 0 saturated heterocycles. The van der Waals surface area contributed by atoms with E-state index < -0.39 is 0 Å². The van der Waals surface area contributed by atoms with E-state index >= 15 is 0 Å². The Balaban J connectivity index is 2.41. The van der Waals surface area contributed by atoms with Gasteiger partial charge in [-0.3, -0.25) is 9.55 Å². The lowest BCUT2D eigenvalue weighted by Gasteiger charge is -2.10. The lowest BCUT2D eigenvalue weighted by Crippen LogP contribution is -2.07. The van der Waals surface area contributed by atoms with Crippen LogP contribution in [0.2, 0.25) is 0 Å². The Morgan fingerprint density at radius 2 is 2.18 bits per heavy atom. The summed E-state index contributed by atoms with van der Waals surface area (Å²) in [4.78, 5) is 8.67. The molecule has 2 heterocycles. The summed E-state index contributed by atoms with van der Waals surface area (Å²) >= 11 is 0. The van der Waals surface area contributed by atoms with Crippen LogP contribution in [-0.4, -0.2) is 21.1 Å². The summed E-state index contributed by atoms with van der Waals surface area (Å²) in [7, 11) is 0. The first-order valence-corrected chi connectivity index (χ1v) is 5.93. The standard InChI is InChI=1S/C13H18N4/c1-4-6-15-13-16-11(3)9-17(13)12-8-14-7-5-10(12)2/h5,7-9H,4,6H2,1-3H3,(H,15,16). The van der Waals surface area contributed by atoms with E-state index in [1.54, 1.807) is 0 Å². The van der Waals surface area contributed by atoms with Crippen molar-refractivity contribution in [2.24, 2.45) is 0 Å². The molecule has 0 bridgehead atoms. The van der Waals surface area contributed by atoms with Gasteiger partial charge >= 0.3 is 0 Å². The number of rotatable bonds is 4. The second-order valence-corrected chi connectivity index (χ2v) is 4.16. The van der Waals surface area contributed by atoms with Gasteiger partial charge in [0.2, 0.25) is 5.95 Å². The van der Waals surface area contributed by atoms with Gasteiger partial charge in [-0.2, -0.15) is 0 Å². The average Bonchev–Trinajstić information content (AvgIpc) is 2.68. The summed E-state index contributed by atoms with van der Waals surface area (Å²) < 4.78 is 2.06. The average molecular weight is 230 g/mol. The van der Waals surface area contributed by atoms with Gasteiger partial charge in [-0.1, -0.05) is 6.92 Å². The predicted octanol–water partition coefficient (Wildman–Crippen LogP) is 2.71. The topological polar surface area (TPSA) is 42.7 Å². The molecule has 90 valence electrons. The zero-order valence-corrected chi connectivity index (χ0v) is 10.6. The van der Waals surface area contributed by atoms with Crippen molar-refractivity contribution in [2.45, 2.75) is 27.2 Å². The Morgan fingerprint density at radius 1 is 1.35 bits per heavy atom. The minimum absolute atomic E-state index is 0.889. The Bertz CT molecular complexity index is 502. The molecule has 0 unspecified atom stereocenters. The van der Waals surface area contributed by atoms with E-state index in [2.05, 4.69) is 33.7 Å². The highest BCUT2D eigenvalue weighted by Crippen LogP contribution is 2.18. The maximum atomic E-state index is 4.49. The molecule has 4 nitrogen and oxygen atoms in total. The maximum absolute atomic E-state index is 4.49. The quantitative estimate of drug-likeness (QED) is 0.878. The van der Waals surface area contributed by atoms with Gasteiger partial charge in [-0.15, -0.1) is 0 Å². The van der Waals surface area contributed by atoms with Crippen LogP contribution in [0.1, 0.15) is 24.6 Å². The highest BCUT2D eigenvalue weighted by atomic mass is 15.2. The summed E-state index contributed by atoms with van der Waals surface area (Å²) in [6.07, 6.45) is 6.79. The van der Waals surface area contributed by atoms with Crippen LogP contribution in [0.25, 0.3) is 5.69 Å². The summed E-state index contributed by atoms with van der Waals surface area (Å²) in [6, 6.07) is 2.01. The normalized spacial score (nSPS) is 10.5. The number of imidazole rings is 1. The van der Waals surface area contributed by atoms with Crippen LogP contribution in [0, 0.1) is 13.8 Å². The zero-order valence-electron chi connectivity index (χ0n) is 10.6. The van der Waals surface area contributed by atoms with Crippen LogP contribution in [0.3, 0.4) is 0 Å². The number of hydrogen-bond acceptors (Lipinski definition) is 3. The van der Waals surface area contributed by atoms with Gasteiger partial charge in [0.25, 0.3) is 0 Å². The molecule has 17 heavy (non-hydrogen) atoms. The lowest BCUT2D eigenvalue weighted by molar-refractivity contribution is 0.931. The Labute approximate surface area is 102 Å². The van der Waals surface area contributed by atoms with Crippen molar-refractivity contribution >= 4 is 5.95 Å². The monoisotopic (exact) mass is 230 g/mol. The zero-order chi connectivity index (χ0) is 12.3. The molecule has 0 saturated carbocycles. The molecule has 0 aromatic carbocycles. The first-order chi connectivity index (χ1) is 8.22. The van der Waals surface area contributed by atoms with Crippen LogP contribution in [0.5, 0.6) is 0 Å². The molecule has 0 radical (unpaired) electrons. The van der Waals surface area contributed by atoms with Crippen molar-refractivity contribution in [1.82, 2.24) is 14.5 Å². The third-order valence-electron chi connectivity index (χ3n) is 2.63. The van der Waals surface area contributed by atoms with Gasteiger partial charge < -0.3 is 5.32 Å². The number of aryl methyl sites for hydroxylation is 2. The van der Waals surface area contributed by atoms with E-state index in [0.717, 1.165) is 30.3 Å². The van der Waals surface area contributed by atoms with E-state index in [9.17, 15) is 0 Å². The maximum Gasteiger partial charge on any atom is 0.207 e. The third kappa shape index (κ3) is 2.46. The molecule has 0 spiro atoms. The van der Waals surface area contributed by atoms with Gasteiger partial charge in [0.05, 0.1) is 17.6 Å². The second kappa shape index (κ2) is 4.99. The van der Waals surface area contributed by atoms with Crippen LogP contribution in [-0.2, 0) is 0 Å². The SMILES string of the molecule is CCCNc1nc(C)cn1-c1cnccc1C. The molecule has 0 aliphatic heterocycles. The van der Waals surface area contributed by atoms with Crippen molar-refractivity contribution in [1.29, 1.82) is 0 Å². The van der Waals surface area contributed by atoms with E-state index in [-0.39, 0.29) is 0 Å². The molecule has 0 aliphatic carbocycles. The first kappa shape index (κ1) is 11.6. The number of nitrogens with zero attached hydrogens (tertiary/aromatic N) is 3. The first-order valence-electron chi connectivity index (χ1n) is 5.93. The summed E-state index contributed by atoms with van der Waals surface area (Å²) in [5.74, 6) is 0.889. The van der Waals surface area contributed by atoms with E-state index in [1.807, 2.05) is 31.6 Å². The Morgan fingerprint density at radius 3 is 2.88 bits per heavy atom. The predicted molar refractivity (Wildman–Crippen MR) is 69.6 cm³/mol. The van der Waals surface area contributed by atoms with Crippen molar-refractivity contribution in [2.75, 3.05) is 11.9 Å². The molecule has 2 rings (SSSR count). The largest absolute Gasteiger partial charge is 0.355 e. The molecular weight excluding hydrogens is 212 g/mol. The number of anilines is 1. The smallest absolute Gasteiger partial charge is 0.207 e. The lowest BCUT2D eigenvalue weighted by atomic mass is 10.2. The van der Waals surface area contributed by atoms with Crippen LogP contribution >= 0.6 is 0 Å². The highest BCUT2D eigenvalue weighted by molar-refractivity contribution is 5.45. The fourth-order valence-electron chi connectivity index (χ4n) is 1.75. The van der Waals surface area contributed by atoms with E-state index in [1.165, 1.54) is 5.56 Å². The van der Waals surface area contributed by atoms with Gasteiger partial charge in [0.15, 0.2) is 0 Å². The van der Waals surface area contributed by atoms with Gasteiger partial charge in [0.1, 0.15) is 0 Å². The summed E-state index contributed by atoms with van der Waals surface area (Å²) in [5, 5.41) is 3.33. The number of nitrogens with one attached hydrogen (secondary N) is 1. The highest BCUT2D eigenvalue weighted by Gasteiger charge is 2.08. The fourth-order valence-corrected chi connectivity index (χ4v) is 1.75. The third-order valence-corrected chi connectivity index (χ3v) is 2.63. The van der Waals surface area contributed by atoms with Crippen LogP contribution in [0.15, 0.2) is 24.7 Å². The molecular formula is C13H18N4. The fraction of sp³-hybridized carbons (Fsp3) is 0.385. The Kier molecular flexibility index (Phi) is 3.42. The van der Waals surface area contributed by atoms with Gasteiger partial charge in [-0.25, -0.2) is 4.98 Å². The molecule has 4 heteroatoms. The molecule has 1 N–H and O–H groups in total. The molecule has 2 aromatic heterocycles. The van der Waals surface area contributed by atoms with Gasteiger partial charge in [-0.05, 0) is 31.9 Å². The molecule has 0 aliphatic rings. The van der Waals surface area contributed by atoms with E-state index in [4.69, 9.17) is 0 Å². The minimum Gasteiger partial charge on any atom is -0.355 e. The molecule has 0 fully saturated rings. The summed E-state index contributed by atoms with van der Waals surface area (Å²) in [6.45, 7) is 7.15. The van der Waals surface area contributed by atoms with Gasteiger partial charge in [0, 0.05) is 18.9 Å². The number of hydrogen-bond donors (Lipinski definition) is 1. The van der Waals surface area contributed by atoms with Crippen molar-refractivity contribution in [3.8, 4) is 5.69 Å². The summed E-state index contributed by atoms with van der Waals surface area (Å²) in [5.41, 5.74) is 3.27. The number of aromatic nitrogens is 3. The molecule has 0 atom stereocenters. The van der Waals surface area contributed by atoms with Crippen molar-refractivity contribution in [3.63, 3.8) is 0 Å². The van der Waals surface area contributed by atoms with Crippen LogP contribution < -0.4 is 5.32 Å². The molecule has 2 aromatic rings. The van der Waals surface area contributed by atoms with Crippen molar-refractivity contribution < 1.29 is 0 Å². The minimum atomic E-state index is 0.889. The van der Waals surface area contributed by atoms with Crippen LogP contribution in [0.4, 0.5) is 5.95 Å². The van der Waals surface area contributed by atoms with E-state index in [0.29, 0.717) is 0 Å². The Hall–Kier alpha value is -1.84. The number of pyridine rings is 1. The van der Waals surface area contributed by atoms with Crippen molar-refractivity contribution in [3.05, 3.63) is 35.9 Å².